The Kier molecular flexibility index (Phi) is 6.49. The molecule has 0 spiro atoms. The highest BCUT2D eigenvalue weighted by Crippen LogP contribution is 2.47. The maximum atomic E-state index is 12.3. The summed E-state index contributed by atoms with van der Waals surface area (Å²) in [7, 11) is 0. The lowest BCUT2D eigenvalue weighted by Crippen LogP contribution is -2.46. The predicted molar refractivity (Wildman–Crippen MR) is 96.3 cm³/mol. The van der Waals surface area contributed by atoms with Gasteiger partial charge in [-0.3, -0.25) is 9.59 Å². The number of halogens is 2. The Hall–Kier alpha value is -1.30. The van der Waals surface area contributed by atoms with Crippen LogP contribution in [0.4, 0.5) is 0 Å². The van der Waals surface area contributed by atoms with Crippen molar-refractivity contribution in [3.05, 3.63) is 34.9 Å². The molecule has 1 aromatic rings. The second kappa shape index (κ2) is 8.19. The highest BCUT2D eigenvalue weighted by molar-refractivity contribution is 6.33. The average molecular weight is 372 g/mol. The van der Waals surface area contributed by atoms with Crippen molar-refractivity contribution in [3.63, 3.8) is 0 Å². The molecule has 2 aliphatic rings. The summed E-state index contributed by atoms with van der Waals surface area (Å²) in [4.78, 5) is 24.3. The van der Waals surface area contributed by atoms with Gasteiger partial charge in [0.1, 0.15) is 0 Å². The van der Waals surface area contributed by atoms with Gasteiger partial charge in [-0.15, -0.1) is 12.4 Å². The Morgan fingerprint density at radius 1 is 1.12 bits per heavy atom. The van der Waals surface area contributed by atoms with Crippen LogP contribution in [0.1, 0.15) is 29.6 Å². The molecule has 2 aliphatic carbocycles. The Labute approximate surface area is 153 Å². The van der Waals surface area contributed by atoms with Crippen LogP contribution < -0.4 is 16.4 Å². The third kappa shape index (κ3) is 3.85. The first kappa shape index (κ1) is 19.0. The zero-order valence-corrected chi connectivity index (χ0v) is 14.9. The molecule has 0 radical (unpaired) electrons. The van der Waals surface area contributed by atoms with Crippen LogP contribution in [0.5, 0.6) is 0 Å². The third-order valence-corrected chi connectivity index (χ3v) is 5.44. The quantitative estimate of drug-likeness (QED) is 0.691. The van der Waals surface area contributed by atoms with Crippen LogP contribution in [-0.2, 0) is 4.79 Å². The van der Waals surface area contributed by atoms with Gasteiger partial charge in [0.05, 0.1) is 16.5 Å². The van der Waals surface area contributed by atoms with Gasteiger partial charge >= 0.3 is 0 Å². The number of fused-ring (bicyclic) bond motifs is 2. The van der Waals surface area contributed by atoms with Crippen LogP contribution in [0.15, 0.2) is 24.3 Å². The predicted octanol–water partition coefficient (Wildman–Crippen LogP) is 1.98. The van der Waals surface area contributed by atoms with E-state index in [1.165, 1.54) is 0 Å². The van der Waals surface area contributed by atoms with Crippen molar-refractivity contribution in [2.75, 3.05) is 13.1 Å². The van der Waals surface area contributed by atoms with Crippen molar-refractivity contribution >= 4 is 35.8 Å². The molecule has 0 aliphatic heterocycles. The lowest BCUT2D eigenvalue weighted by Gasteiger charge is -2.27. The Balaban J connectivity index is 0.00000208. The summed E-state index contributed by atoms with van der Waals surface area (Å²) in [6.07, 6.45) is 3.35. The van der Waals surface area contributed by atoms with Gasteiger partial charge in [0.25, 0.3) is 5.91 Å². The molecule has 0 heterocycles. The van der Waals surface area contributed by atoms with Gasteiger partial charge in [-0.1, -0.05) is 23.7 Å². The van der Waals surface area contributed by atoms with Crippen molar-refractivity contribution < 1.29 is 9.59 Å². The van der Waals surface area contributed by atoms with Crippen molar-refractivity contribution in [2.24, 2.45) is 23.5 Å². The Bertz CT molecular complexity index is 609. The van der Waals surface area contributed by atoms with Gasteiger partial charge in [0, 0.05) is 19.1 Å². The molecule has 7 heteroatoms. The van der Waals surface area contributed by atoms with Crippen molar-refractivity contribution in [2.45, 2.75) is 25.3 Å². The number of hydrogen-bond acceptors (Lipinski definition) is 3. The molecular formula is C17H23Cl2N3O2. The Morgan fingerprint density at radius 3 is 2.46 bits per heavy atom. The largest absolute Gasteiger partial charge is 0.354 e. The highest BCUT2D eigenvalue weighted by atomic mass is 35.5. The minimum atomic E-state index is -0.235. The minimum absolute atomic E-state index is 0. The third-order valence-electron chi connectivity index (χ3n) is 5.11. The standard InChI is InChI=1S/C17H22ClN3O2.ClH/c18-13-4-2-1-3-12(13)16(22)20-7-8-21-17(23)14-10-5-6-11(9-10)15(14)19;/h1-4,10-11,14-15H,5-9,19H2,(H,20,22)(H,21,23);1H. The summed E-state index contributed by atoms with van der Waals surface area (Å²) >= 11 is 5.98. The van der Waals surface area contributed by atoms with E-state index in [2.05, 4.69) is 10.6 Å². The number of carbonyl (C=O) groups excluding carboxylic acids is 2. The number of rotatable bonds is 5. The number of nitrogens with two attached hydrogens (primary N) is 1. The van der Waals surface area contributed by atoms with E-state index < -0.39 is 0 Å². The van der Waals surface area contributed by atoms with Crippen molar-refractivity contribution in [1.29, 1.82) is 0 Å². The summed E-state index contributed by atoms with van der Waals surface area (Å²) in [5.41, 5.74) is 6.61. The molecule has 4 unspecified atom stereocenters. The zero-order chi connectivity index (χ0) is 16.4. The van der Waals surface area contributed by atoms with E-state index in [0.29, 0.717) is 35.5 Å². The molecule has 2 saturated carbocycles. The van der Waals surface area contributed by atoms with E-state index >= 15 is 0 Å². The molecule has 0 saturated heterocycles. The average Bonchev–Trinajstić information content (AvgIpc) is 3.12. The molecule has 132 valence electrons. The lowest BCUT2D eigenvalue weighted by atomic mass is 9.84. The number of amides is 2. The van der Waals surface area contributed by atoms with Gasteiger partial charge in [-0.2, -0.15) is 0 Å². The van der Waals surface area contributed by atoms with Crippen molar-refractivity contribution in [3.8, 4) is 0 Å². The number of benzene rings is 1. The van der Waals surface area contributed by atoms with E-state index in [9.17, 15) is 9.59 Å². The van der Waals surface area contributed by atoms with Crippen LogP contribution in [0, 0.1) is 17.8 Å². The van der Waals surface area contributed by atoms with Crippen LogP contribution in [-0.4, -0.2) is 30.9 Å². The molecular weight excluding hydrogens is 349 g/mol. The lowest BCUT2D eigenvalue weighted by molar-refractivity contribution is -0.127. The first-order chi connectivity index (χ1) is 11.1. The molecule has 0 aromatic heterocycles. The summed E-state index contributed by atoms with van der Waals surface area (Å²) in [6.45, 7) is 0.765. The Morgan fingerprint density at radius 2 is 1.79 bits per heavy atom. The molecule has 24 heavy (non-hydrogen) atoms. The molecule has 5 nitrogen and oxygen atoms in total. The van der Waals surface area contributed by atoms with Gasteiger partial charge in [0.15, 0.2) is 0 Å². The first-order valence-corrected chi connectivity index (χ1v) is 8.51. The first-order valence-electron chi connectivity index (χ1n) is 8.14. The second-order valence-corrected chi connectivity index (χ2v) is 6.87. The molecule has 4 atom stereocenters. The fourth-order valence-electron chi connectivity index (χ4n) is 3.94. The van der Waals surface area contributed by atoms with E-state index in [1.807, 2.05) is 0 Å². The number of carbonyl (C=O) groups is 2. The van der Waals surface area contributed by atoms with E-state index in [1.54, 1.807) is 24.3 Å². The van der Waals surface area contributed by atoms with Gasteiger partial charge < -0.3 is 16.4 Å². The monoisotopic (exact) mass is 371 g/mol. The second-order valence-electron chi connectivity index (χ2n) is 6.46. The molecule has 2 amide bonds. The van der Waals surface area contributed by atoms with Crippen LogP contribution >= 0.6 is 24.0 Å². The number of hydrogen-bond donors (Lipinski definition) is 3. The van der Waals surface area contributed by atoms with Crippen LogP contribution in [0.25, 0.3) is 0 Å². The topological polar surface area (TPSA) is 84.2 Å². The van der Waals surface area contributed by atoms with E-state index in [4.69, 9.17) is 17.3 Å². The zero-order valence-electron chi connectivity index (χ0n) is 13.3. The van der Waals surface area contributed by atoms with Gasteiger partial charge in [-0.05, 0) is 43.2 Å². The molecule has 1 aromatic carbocycles. The summed E-state index contributed by atoms with van der Waals surface area (Å²) in [6, 6.07) is 6.88. The van der Waals surface area contributed by atoms with E-state index in [-0.39, 0.29) is 36.2 Å². The SMILES string of the molecule is Cl.NC1C2CCC(C2)C1C(=O)NCCNC(=O)c1ccccc1Cl. The summed E-state index contributed by atoms with van der Waals surface area (Å²) in [5.74, 6) is 0.676. The molecule has 2 bridgehead atoms. The fraction of sp³-hybridized carbons (Fsp3) is 0.529. The van der Waals surface area contributed by atoms with Gasteiger partial charge in [0.2, 0.25) is 5.91 Å². The normalized spacial score (nSPS) is 27.4. The summed E-state index contributed by atoms with van der Waals surface area (Å²) < 4.78 is 0. The van der Waals surface area contributed by atoms with E-state index in [0.717, 1.165) is 19.3 Å². The molecule has 4 N–H and O–H groups in total. The fourth-order valence-corrected chi connectivity index (χ4v) is 4.17. The molecule has 2 fully saturated rings. The number of nitrogens with one attached hydrogen (secondary N) is 2. The van der Waals surface area contributed by atoms with Crippen LogP contribution in [0.3, 0.4) is 0 Å². The minimum Gasteiger partial charge on any atom is -0.354 e. The van der Waals surface area contributed by atoms with Gasteiger partial charge in [-0.25, -0.2) is 0 Å². The van der Waals surface area contributed by atoms with Crippen molar-refractivity contribution in [1.82, 2.24) is 10.6 Å². The highest BCUT2D eigenvalue weighted by Gasteiger charge is 2.48. The van der Waals surface area contributed by atoms with Crippen LogP contribution in [0.2, 0.25) is 5.02 Å². The maximum Gasteiger partial charge on any atom is 0.252 e. The maximum absolute atomic E-state index is 12.3. The summed E-state index contributed by atoms with van der Waals surface area (Å²) in [5, 5.41) is 6.07. The smallest absolute Gasteiger partial charge is 0.252 e. The molecule has 3 rings (SSSR count).